The zero-order valence-electron chi connectivity index (χ0n) is 16.6. The molecule has 0 saturated carbocycles. The van der Waals surface area contributed by atoms with Gasteiger partial charge in [0, 0.05) is 29.6 Å². The molecule has 6 nitrogen and oxygen atoms in total. The van der Waals surface area contributed by atoms with Crippen LogP contribution in [0.3, 0.4) is 0 Å². The van der Waals surface area contributed by atoms with Gasteiger partial charge in [-0.05, 0) is 70.2 Å². The van der Waals surface area contributed by atoms with E-state index in [1.165, 1.54) is 6.08 Å². The molecule has 0 radical (unpaired) electrons. The number of benzene rings is 1. The number of anilines is 1. The lowest BCUT2D eigenvalue weighted by Gasteiger charge is -2.17. The van der Waals surface area contributed by atoms with Crippen LogP contribution in [0.2, 0.25) is 0 Å². The van der Waals surface area contributed by atoms with E-state index in [0.29, 0.717) is 6.42 Å². The third kappa shape index (κ3) is 6.18. The van der Waals surface area contributed by atoms with E-state index in [0.717, 1.165) is 53.5 Å². The molecule has 144 valence electrons. The van der Waals surface area contributed by atoms with E-state index >= 15 is 0 Å². The Kier molecular flexibility index (Phi) is 7.49. The van der Waals surface area contributed by atoms with Gasteiger partial charge >= 0.3 is 0 Å². The summed E-state index contributed by atoms with van der Waals surface area (Å²) in [5.41, 5.74) is 3.66. The maximum atomic E-state index is 11.9. The second kappa shape index (κ2) is 9.83. The van der Waals surface area contributed by atoms with Crippen LogP contribution in [-0.2, 0) is 17.6 Å². The Labute approximate surface area is 161 Å². The lowest BCUT2D eigenvalue weighted by Crippen LogP contribution is -2.15. The molecule has 0 unspecified atom stereocenters. The van der Waals surface area contributed by atoms with Crippen molar-refractivity contribution in [3.63, 3.8) is 0 Å². The highest BCUT2D eigenvalue weighted by Crippen LogP contribution is 2.30. The van der Waals surface area contributed by atoms with Crippen molar-refractivity contribution < 1.29 is 9.53 Å². The largest absolute Gasteiger partial charge is 0.496 e. The Morgan fingerprint density at radius 3 is 2.74 bits per heavy atom. The lowest BCUT2D eigenvalue weighted by atomic mass is 10.0. The predicted molar refractivity (Wildman–Crippen MR) is 108 cm³/mol. The van der Waals surface area contributed by atoms with Crippen LogP contribution in [0, 0.1) is 6.92 Å². The van der Waals surface area contributed by atoms with Gasteiger partial charge in [-0.3, -0.25) is 4.79 Å². The molecule has 0 aliphatic heterocycles. The summed E-state index contributed by atoms with van der Waals surface area (Å²) in [6.45, 7) is 6.45. The molecule has 1 amide bonds. The van der Waals surface area contributed by atoms with E-state index in [9.17, 15) is 4.79 Å². The molecule has 0 bridgehead atoms. The first-order chi connectivity index (χ1) is 12.9. The van der Waals surface area contributed by atoms with Crippen LogP contribution >= 0.6 is 0 Å². The summed E-state index contributed by atoms with van der Waals surface area (Å²) < 4.78 is 5.60. The molecule has 1 N–H and O–H groups in total. The number of hydrogen-bond acceptors (Lipinski definition) is 5. The second-order valence-corrected chi connectivity index (χ2v) is 6.71. The molecule has 6 heteroatoms. The van der Waals surface area contributed by atoms with Crippen LogP contribution in [0.5, 0.6) is 5.75 Å². The smallest absolute Gasteiger partial charge is 0.247 e. The first-order valence-electron chi connectivity index (χ1n) is 8.99. The molecule has 0 spiro atoms. The zero-order chi connectivity index (χ0) is 19.8. The maximum absolute atomic E-state index is 11.9. The summed E-state index contributed by atoms with van der Waals surface area (Å²) in [5.74, 6) is 1.26. The molecular weight excluding hydrogens is 340 g/mol. The molecular formula is C21H28N4O2. The van der Waals surface area contributed by atoms with Crippen molar-refractivity contribution in [3.05, 3.63) is 59.7 Å². The molecule has 2 aromatic rings. The standard InChI is InChI=1S/C21H28N4O2/c1-6-21(26)24-18-12-17(14-20-22-10-9-15(2)23-20)19(27-5)13-16(18)8-7-11-25(3)4/h6,9-10,12-13H,1,7-8,11,14H2,2-5H3,(H,24,26). The van der Waals surface area contributed by atoms with Crippen molar-refractivity contribution in [3.8, 4) is 5.75 Å². The SMILES string of the molecule is C=CC(=O)Nc1cc(Cc2nccc(C)n2)c(OC)cc1CCCN(C)C. The molecule has 2 rings (SSSR count). The molecule has 27 heavy (non-hydrogen) atoms. The summed E-state index contributed by atoms with van der Waals surface area (Å²) in [7, 11) is 5.75. The van der Waals surface area contributed by atoms with Crippen LogP contribution in [0.4, 0.5) is 5.69 Å². The number of amides is 1. The van der Waals surface area contributed by atoms with Gasteiger partial charge in [-0.15, -0.1) is 0 Å². The lowest BCUT2D eigenvalue weighted by molar-refractivity contribution is -0.111. The fraction of sp³-hybridized carbons (Fsp3) is 0.381. The number of ether oxygens (including phenoxy) is 1. The first-order valence-corrected chi connectivity index (χ1v) is 8.99. The van der Waals surface area contributed by atoms with Crippen LogP contribution in [0.25, 0.3) is 0 Å². The average molecular weight is 368 g/mol. The van der Waals surface area contributed by atoms with E-state index < -0.39 is 0 Å². The number of methoxy groups -OCH3 is 1. The second-order valence-electron chi connectivity index (χ2n) is 6.71. The molecule has 0 aliphatic rings. The minimum atomic E-state index is -0.230. The van der Waals surface area contributed by atoms with E-state index in [1.54, 1.807) is 13.3 Å². The topological polar surface area (TPSA) is 67.3 Å². The molecule has 1 heterocycles. The van der Waals surface area contributed by atoms with Crippen molar-refractivity contribution >= 4 is 11.6 Å². The Morgan fingerprint density at radius 2 is 2.11 bits per heavy atom. The maximum Gasteiger partial charge on any atom is 0.247 e. The minimum Gasteiger partial charge on any atom is -0.496 e. The Hall–Kier alpha value is -2.73. The number of nitrogens with one attached hydrogen (secondary N) is 1. The Morgan fingerprint density at radius 1 is 1.33 bits per heavy atom. The number of carbonyl (C=O) groups is 1. The highest BCUT2D eigenvalue weighted by Gasteiger charge is 2.14. The highest BCUT2D eigenvalue weighted by atomic mass is 16.5. The zero-order valence-corrected chi connectivity index (χ0v) is 16.6. The number of nitrogens with zero attached hydrogens (tertiary/aromatic N) is 3. The normalized spacial score (nSPS) is 10.7. The Bertz CT molecular complexity index is 803. The number of carbonyl (C=O) groups excluding carboxylic acids is 1. The van der Waals surface area contributed by atoms with Crippen molar-refractivity contribution in [2.75, 3.05) is 33.1 Å². The van der Waals surface area contributed by atoms with Gasteiger partial charge in [0.05, 0.1) is 7.11 Å². The highest BCUT2D eigenvalue weighted by molar-refractivity contribution is 5.99. The van der Waals surface area contributed by atoms with Gasteiger partial charge in [-0.2, -0.15) is 0 Å². The fourth-order valence-electron chi connectivity index (χ4n) is 2.84. The third-order valence-electron chi connectivity index (χ3n) is 4.19. The summed E-state index contributed by atoms with van der Waals surface area (Å²) in [6.07, 6.45) is 5.37. The Balaban J connectivity index is 2.36. The molecule has 0 fully saturated rings. The van der Waals surface area contributed by atoms with Crippen molar-refractivity contribution in [2.45, 2.75) is 26.2 Å². The van der Waals surface area contributed by atoms with E-state index in [-0.39, 0.29) is 5.91 Å². The average Bonchev–Trinajstić information content (AvgIpc) is 2.63. The van der Waals surface area contributed by atoms with E-state index in [4.69, 9.17) is 4.74 Å². The molecule has 1 aromatic heterocycles. The number of aryl methyl sites for hydroxylation is 2. The summed E-state index contributed by atoms with van der Waals surface area (Å²) in [4.78, 5) is 22.8. The van der Waals surface area contributed by atoms with E-state index in [1.807, 2.05) is 39.2 Å². The van der Waals surface area contributed by atoms with Gasteiger partial charge in [0.15, 0.2) is 0 Å². The van der Waals surface area contributed by atoms with Crippen LogP contribution < -0.4 is 10.1 Å². The van der Waals surface area contributed by atoms with Gasteiger partial charge in [-0.1, -0.05) is 6.58 Å². The molecule has 0 aliphatic carbocycles. The third-order valence-corrected chi connectivity index (χ3v) is 4.19. The van der Waals surface area contributed by atoms with Gasteiger partial charge in [0.2, 0.25) is 5.91 Å². The van der Waals surface area contributed by atoms with Crippen molar-refractivity contribution in [1.82, 2.24) is 14.9 Å². The number of aromatic nitrogens is 2. The fourth-order valence-corrected chi connectivity index (χ4v) is 2.84. The molecule has 1 aromatic carbocycles. The van der Waals surface area contributed by atoms with Crippen molar-refractivity contribution in [1.29, 1.82) is 0 Å². The van der Waals surface area contributed by atoms with Gasteiger partial charge in [-0.25, -0.2) is 9.97 Å². The summed E-state index contributed by atoms with van der Waals surface area (Å²) in [5, 5.41) is 2.92. The summed E-state index contributed by atoms with van der Waals surface area (Å²) in [6, 6.07) is 5.82. The van der Waals surface area contributed by atoms with Gasteiger partial charge < -0.3 is 15.0 Å². The quantitative estimate of drug-likeness (QED) is 0.689. The van der Waals surface area contributed by atoms with Crippen LogP contribution in [-0.4, -0.2) is 48.5 Å². The summed E-state index contributed by atoms with van der Waals surface area (Å²) >= 11 is 0. The number of rotatable bonds is 9. The monoisotopic (exact) mass is 368 g/mol. The van der Waals surface area contributed by atoms with E-state index in [2.05, 4.69) is 26.8 Å². The van der Waals surface area contributed by atoms with Crippen LogP contribution in [0.1, 0.15) is 29.1 Å². The van der Waals surface area contributed by atoms with Crippen LogP contribution in [0.15, 0.2) is 37.1 Å². The molecule has 0 saturated heterocycles. The van der Waals surface area contributed by atoms with Crippen molar-refractivity contribution in [2.24, 2.45) is 0 Å². The number of hydrogen-bond donors (Lipinski definition) is 1. The molecule has 0 atom stereocenters. The first kappa shape index (κ1) is 20.6. The van der Waals surface area contributed by atoms with Gasteiger partial charge in [0.25, 0.3) is 0 Å². The minimum absolute atomic E-state index is 0.230. The van der Waals surface area contributed by atoms with Gasteiger partial charge in [0.1, 0.15) is 11.6 Å². The predicted octanol–water partition coefficient (Wildman–Crippen LogP) is 3.00.